The second-order valence-corrected chi connectivity index (χ2v) is 5.85. The van der Waals surface area contributed by atoms with Gasteiger partial charge in [0.25, 0.3) is 11.8 Å². The van der Waals surface area contributed by atoms with Crippen molar-refractivity contribution in [2.24, 2.45) is 0 Å². The van der Waals surface area contributed by atoms with Crippen molar-refractivity contribution in [2.75, 3.05) is 16.0 Å². The zero-order chi connectivity index (χ0) is 18.1. The Bertz CT molecular complexity index is 1020. The number of anilines is 4. The molecule has 1 aliphatic heterocycles. The third-order valence-corrected chi connectivity index (χ3v) is 4.07. The molecule has 0 spiro atoms. The van der Waals surface area contributed by atoms with Crippen molar-refractivity contribution in [2.45, 2.75) is 0 Å². The van der Waals surface area contributed by atoms with Crippen LogP contribution in [0.4, 0.5) is 27.1 Å². The largest absolute Gasteiger partial charge is 0.353 e. The molecule has 5 nitrogen and oxygen atoms in total. The van der Waals surface area contributed by atoms with Crippen LogP contribution in [0.5, 0.6) is 0 Å². The fourth-order valence-electron chi connectivity index (χ4n) is 2.76. The molecule has 3 aromatic rings. The average Bonchev–Trinajstić information content (AvgIpc) is 2.78. The number of nitrogens with one attached hydrogen (secondary N) is 3. The van der Waals surface area contributed by atoms with E-state index in [-0.39, 0.29) is 17.6 Å². The summed E-state index contributed by atoms with van der Waals surface area (Å²) in [5.41, 5.74) is 3.27. The standard InChI is InChI=1S/C20H14FN3O2/c21-13-6-8-14(9-7-13)22-19(25)12-5-10-15-18(11-12)23-16-3-1-2-4-17(16)24-20(15)26/h1-11,23H,(H,22,25)(H,24,26). The molecule has 0 saturated carbocycles. The van der Waals surface area contributed by atoms with E-state index in [9.17, 15) is 14.0 Å². The van der Waals surface area contributed by atoms with Crippen LogP contribution in [0.1, 0.15) is 20.7 Å². The number of rotatable bonds is 2. The van der Waals surface area contributed by atoms with Gasteiger partial charge in [-0.3, -0.25) is 9.59 Å². The summed E-state index contributed by atoms with van der Waals surface area (Å²) in [7, 11) is 0. The molecular formula is C20H14FN3O2. The lowest BCUT2D eigenvalue weighted by atomic mass is 10.1. The molecule has 0 atom stereocenters. The molecule has 0 unspecified atom stereocenters. The van der Waals surface area contributed by atoms with Gasteiger partial charge in [-0.05, 0) is 54.6 Å². The molecule has 0 aliphatic carbocycles. The van der Waals surface area contributed by atoms with Crippen LogP contribution in [0.2, 0.25) is 0 Å². The first kappa shape index (κ1) is 15.8. The minimum absolute atomic E-state index is 0.247. The molecule has 1 heterocycles. The predicted molar refractivity (Wildman–Crippen MR) is 98.5 cm³/mol. The van der Waals surface area contributed by atoms with Gasteiger partial charge in [-0.1, -0.05) is 12.1 Å². The summed E-state index contributed by atoms with van der Waals surface area (Å²) < 4.78 is 13.0. The Morgan fingerprint density at radius 2 is 1.54 bits per heavy atom. The molecule has 1 aliphatic rings. The lowest BCUT2D eigenvalue weighted by Crippen LogP contribution is -2.14. The molecule has 4 rings (SSSR count). The molecule has 0 fully saturated rings. The van der Waals surface area contributed by atoms with Crippen LogP contribution in [0.3, 0.4) is 0 Å². The number of carbonyl (C=O) groups excluding carboxylic acids is 2. The number of para-hydroxylation sites is 2. The number of halogens is 1. The van der Waals surface area contributed by atoms with Crippen LogP contribution in [0.25, 0.3) is 0 Å². The number of benzene rings is 3. The molecule has 128 valence electrons. The van der Waals surface area contributed by atoms with Crippen LogP contribution in [0.15, 0.2) is 66.7 Å². The highest BCUT2D eigenvalue weighted by atomic mass is 19.1. The smallest absolute Gasteiger partial charge is 0.257 e. The molecule has 0 radical (unpaired) electrons. The Labute approximate surface area is 148 Å². The second-order valence-electron chi connectivity index (χ2n) is 5.85. The summed E-state index contributed by atoms with van der Waals surface area (Å²) in [5, 5.41) is 8.73. The summed E-state index contributed by atoms with van der Waals surface area (Å²) in [6, 6.07) is 17.6. The highest BCUT2D eigenvalue weighted by Gasteiger charge is 2.20. The molecule has 2 amide bonds. The van der Waals surface area contributed by atoms with Crippen molar-refractivity contribution in [3.63, 3.8) is 0 Å². The van der Waals surface area contributed by atoms with Crippen molar-refractivity contribution >= 4 is 34.6 Å². The van der Waals surface area contributed by atoms with Crippen molar-refractivity contribution in [1.82, 2.24) is 0 Å². The summed E-state index contributed by atoms with van der Waals surface area (Å²) in [6.45, 7) is 0. The number of hydrogen-bond donors (Lipinski definition) is 3. The van der Waals surface area contributed by atoms with E-state index in [0.717, 1.165) is 5.69 Å². The minimum atomic E-state index is -0.373. The summed E-state index contributed by atoms with van der Waals surface area (Å²) in [5.74, 6) is -0.969. The molecule has 6 heteroatoms. The van der Waals surface area contributed by atoms with Gasteiger partial charge in [0.15, 0.2) is 0 Å². The Kier molecular flexibility index (Phi) is 3.85. The Hall–Kier alpha value is -3.67. The van der Waals surface area contributed by atoms with E-state index in [1.807, 2.05) is 18.2 Å². The van der Waals surface area contributed by atoms with Gasteiger partial charge >= 0.3 is 0 Å². The number of hydrogen-bond acceptors (Lipinski definition) is 3. The van der Waals surface area contributed by atoms with Gasteiger partial charge in [0, 0.05) is 11.3 Å². The fraction of sp³-hybridized carbons (Fsp3) is 0. The maximum absolute atomic E-state index is 13.0. The molecule has 0 bridgehead atoms. The Balaban J connectivity index is 1.64. The molecule has 3 N–H and O–H groups in total. The molecule has 0 aromatic heterocycles. The van der Waals surface area contributed by atoms with E-state index in [1.54, 1.807) is 24.3 Å². The van der Waals surface area contributed by atoms with E-state index >= 15 is 0 Å². The lowest BCUT2D eigenvalue weighted by Gasteiger charge is -2.10. The maximum atomic E-state index is 13.0. The third kappa shape index (κ3) is 3.00. The first-order chi connectivity index (χ1) is 12.6. The van der Waals surface area contributed by atoms with E-state index in [4.69, 9.17) is 0 Å². The van der Waals surface area contributed by atoms with Crippen molar-refractivity contribution in [3.05, 3.63) is 83.7 Å². The van der Waals surface area contributed by atoms with Gasteiger partial charge in [0.2, 0.25) is 0 Å². The molecular weight excluding hydrogens is 333 g/mol. The lowest BCUT2D eigenvalue weighted by molar-refractivity contribution is 0.101. The molecule has 0 saturated heterocycles. The van der Waals surface area contributed by atoms with Crippen LogP contribution in [0, 0.1) is 5.82 Å². The second kappa shape index (κ2) is 6.33. The quantitative estimate of drug-likeness (QED) is 0.644. The van der Waals surface area contributed by atoms with E-state index in [1.165, 1.54) is 24.3 Å². The zero-order valence-corrected chi connectivity index (χ0v) is 13.5. The summed E-state index contributed by atoms with van der Waals surface area (Å²) in [6.07, 6.45) is 0. The number of amides is 2. The van der Waals surface area contributed by atoms with E-state index < -0.39 is 0 Å². The normalized spacial score (nSPS) is 12.1. The zero-order valence-electron chi connectivity index (χ0n) is 13.5. The first-order valence-corrected chi connectivity index (χ1v) is 7.98. The highest BCUT2D eigenvalue weighted by Crippen LogP contribution is 2.32. The average molecular weight is 347 g/mol. The number of carbonyl (C=O) groups is 2. The first-order valence-electron chi connectivity index (χ1n) is 7.98. The topological polar surface area (TPSA) is 70.2 Å². The van der Waals surface area contributed by atoms with Gasteiger partial charge in [-0.15, -0.1) is 0 Å². The Morgan fingerprint density at radius 1 is 0.846 bits per heavy atom. The SMILES string of the molecule is O=C(Nc1ccc(F)cc1)c1ccc2c(c1)Nc1ccccc1NC2=O. The maximum Gasteiger partial charge on any atom is 0.257 e. The van der Waals surface area contributed by atoms with Gasteiger partial charge in [-0.25, -0.2) is 4.39 Å². The highest BCUT2D eigenvalue weighted by molar-refractivity contribution is 6.13. The molecule has 3 aromatic carbocycles. The van der Waals surface area contributed by atoms with Gasteiger partial charge in [0.1, 0.15) is 5.82 Å². The minimum Gasteiger partial charge on any atom is -0.353 e. The van der Waals surface area contributed by atoms with E-state index in [0.29, 0.717) is 28.2 Å². The van der Waals surface area contributed by atoms with Gasteiger partial charge < -0.3 is 16.0 Å². The summed E-state index contributed by atoms with van der Waals surface area (Å²) in [4.78, 5) is 24.8. The Morgan fingerprint density at radius 3 is 2.27 bits per heavy atom. The van der Waals surface area contributed by atoms with Gasteiger partial charge in [-0.2, -0.15) is 0 Å². The van der Waals surface area contributed by atoms with Crippen molar-refractivity contribution < 1.29 is 14.0 Å². The predicted octanol–water partition coefficient (Wildman–Crippen LogP) is 4.39. The van der Waals surface area contributed by atoms with E-state index in [2.05, 4.69) is 16.0 Å². The van der Waals surface area contributed by atoms with Crippen LogP contribution in [-0.2, 0) is 0 Å². The monoisotopic (exact) mass is 347 g/mol. The molecule has 26 heavy (non-hydrogen) atoms. The summed E-state index contributed by atoms with van der Waals surface area (Å²) >= 11 is 0. The van der Waals surface area contributed by atoms with Gasteiger partial charge in [0.05, 0.1) is 22.6 Å². The third-order valence-electron chi connectivity index (χ3n) is 4.07. The fourth-order valence-corrected chi connectivity index (χ4v) is 2.76. The van der Waals surface area contributed by atoms with Crippen molar-refractivity contribution in [3.8, 4) is 0 Å². The van der Waals surface area contributed by atoms with Crippen LogP contribution >= 0.6 is 0 Å². The van der Waals surface area contributed by atoms with Crippen LogP contribution in [-0.4, -0.2) is 11.8 Å². The van der Waals surface area contributed by atoms with Crippen LogP contribution < -0.4 is 16.0 Å². The number of fused-ring (bicyclic) bond motifs is 2. The van der Waals surface area contributed by atoms with Crippen molar-refractivity contribution in [1.29, 1.82) is 0 Å².